The van der Waals surface area contributed by atoms with E-state index in [2.05, 4.69) is 12.2 Å². The van der Waals surface area contributed by atoms with Crippen molar-refractivity contribution in [3.63, 3.8) is 0 Å². The number of piperidine rings is 1. The number of urea groups is 1. The molecule has 0 spiro atoms. The van der Waals surface area contributed by atoms with Crippen molar-refractivity contribution < 1.29 is 14.7 Å². The molecule has 6 heteroatoms. The molecule has 0 saturated carbocycles. The van der Waals surface area contributed by atoms with E-state index in [9.17, 15) is 9.59 Å². The largest absolute Gasteiger partial charge is 0.478 e. The molecule has 0 atom stereocenters. The number of hydrogen-bond acceptors (Lipinski definition) is 3. The number of aromatic carboxylic acids is 1. The van der Waals surface area contributed by atoms with E-state index >= 15 is 0 Å². The SMILES string of the molecule is CCCC1CCN(C(=O)Nc2sccc2C(=O)O)CC1. The lowest BCUT2D eigenvalue weighted by Crippen LogP contribution is -2.41. The number of rotatable bonds is 4. The Kier molecular flexibility index (Phi) is 5.00. The maximum atomic E-state index is 12.1. The molecule has 1 saturated heterocycles. The molecule has 1 aromatic rings. The Labute approximate surface area is 122 Å². The van der Waals surface area contributed by atoms with Gasteiger partial charge in [-0.25, -0.2) is 9.59 Å². The summed E-state index contributed by atoms with van der Waals surface area (Å²) in [6.07, 6.45) is 4.49. The highest BCUT2D eigenvalue weighted by molar-refractivity contribution is 7.14. The van der Waals surface area contributed by atoms with Crippen molar-refractivity contribution in [3.8, 4) is 0 Å². The van der Waals surface area contributed by atoms with Crippen LogP contribution in [-0.4, -0.2) is 35.1 Å². The van der Waals surface area contributed by atoms with Gasteiger partial charge in [0.25, 0.3) is 0 Å². The third kappa shape index (κ3) is 3.50. The molecule has 0 unspecified atom stereocenters. The number of likely N-dealkylation sites (tertiary alicyclic amines) is 1. The van der Waals surface area contributed by atoms with Crippen molar-refractivity contribution in [1.82, 2.24) is 4.90 Å². The summed E-state index contributed by atoms with van der Waals surface area (Å²) < 4.78 is 0. The van der Waals surface area contributed by atoms with Crippen LogP contribution in [0.4, 0.5) is 9.80 Å². The molecule has 1 aromatic heterocycles. The third-order valence-electron chi connectivity index (χ3n) is 3.71. The predicted octanol–water partition coefficient (Wildman–Crippen LogP) is 3.49. The van der Waals surface area contributed by atoms with E-state index in [-0.39, 0.29) is 11.6 Å². The highest BCUT2D eigenvalue weighted by atomic mass is 32.1. The zero-order valence-electron chi connectivity index (χ0n) is 11.6. The van der Waals surface area contributed by atoms with Crippen LogP contribution < -0.4 is 5.32 Å². The fraction of sp³-hybridized carbons (Fsp3) is 0.571. The fourth-order valence-corrected chi connectivity index (χ4v) is 3.35. The standard InChI is InChI=1S/C14H20N2O3S/c1-2-3-10-4-7-16(8-5-10)14(19)15-12-11(13(17)18)6-9-20-12/h6,9-10H,2-5,7-8H2,1H3,(H,15,19)(H,17,18). The molecule has 1 aliphatic rings. The zero-order chi connectivity index (χ0) is 14.5. The van der Waals surface area contributed by atoms with E-state index in [4.69, 9.17) is 5.11 Å². The van der Waals surface area contributed by atoms with Crippen LogP contribution in [0.5, 0.6) is 0 Å². The van der Waals surface area contributed by atoms with Crippen LogP contribution in [0.25, 0.3) is 0 Å². The number of thiophene rings is 1. The number of carbonyl (C=O) groups is 2. The number of carboxylic acid groups (broad SMARTS) is 1. The first-order valence-electron chi connectivity index (χ1n) is 6.98. The average molecular weight is 296 g/mol. The summed E-state index contributed by atoms with van der Waals surface area (Å²) in [4.78, 5) is 24.9. The topological polar surface area (TPSA) is 69.6 Å². The fourth-order valence-electron chi connectivity index (χ4n) is 2.58. The van der Waals surface area contributed by atoms with Crippen LogP contribution in [0, 0.1) is 5.92 Å². The van der Waals surface area contributed by atoms with Crippen molar-refractivity contribution >= 4 is 28.3 Å². The second kappa shape index (κ2) is 6.74. The highest BCUT2D eigenvalue weighted by Gasteiger charge is 2.23. The van der Waals surface area contributed by atoms with Gasteiger partial charge in [0, 0.05) is 13.1 Å². The van der Waals surface area contributed by atoms with Crippen LogP contribution in [0.3, 0.4) is 0 Å². The number of carbonyl (C=O) groups excluding carboxylic acids is 1. The lowest BCUT2D eigenvalue weighted by molar-refractivity contribution is 0.0698. The summed E-state index contributed by atoms with van der Waals surface area (Å²) in [7, 11) is 0. The van der Waals surface area contributed by atoms with Gasteiger partial charge in [-0.15, -0.1) is 11.3 Å². The van der Waals surface area contributed by atoms with Gasteiger partial charge in [-0.3, -0.25) is 5.32 Å². The molecule has 1 fully saturated rings. The number of amides is 2. The number of carboxylic acids is 1. The van der Waals surface area contributed by atoms with Crippen molar-refractivity contribution in [2.45, 2.75) is 32.6 Å². The van der Waals surface area contributed by atoms with E-state index in [1.54, 1.807) is 10.3 Å². The lowest BCUT2D eigenvalue weighted by atomic mass is 9.93. The van der Waals surface area contributed by atoms with Crippen LogP contribution in [0.1, 0.15) is 43.0 Å². The van der Waals surface area contributed by atoms with Crippen LogP contribution in [0.2, 0.25) is 0 Å². The number of nitrogens with one attached hydrogen (secondary N) is 1. The van der Waals surface area contributed by atoms with Gasteiger partial charge in [-0.1, -0.05) is 19.8 Å². The molecule has 2 amide bonds. The Morgan fingerprint density at radius 3 is 2.75 bits per heavy atom. The number of anilines is 1. The first-order valence-corrected chi connectivity index (χ1v) is 7.86. The Balaban J connectivity index is 1.90. The first kappa shape index (κ1) is 14.8. The first-order chi connectivity index (χ1) is 9.61. The second-order valence-electron chi connectivity index (χ2n) is 5.12. The van der Waals surface area contributed by atoms with Gasteiger partial charge in [0.05, 0.1) is 5.56 Å². The predicted molar refractivity (Wildman–Crippen MR) is 79.5 cm³/mol. The third-order valence-corrected chi connectivity index (χ3v) is 4.54. The quantitative estimate of drug-likeness (QED) is 0.893. The molecule has 20 heavy (non-hydrogen) atoms. The Bertz CT molecular complexity index is 479. The summed E-state index contributed by atoms with van der Waals surface area (Å²) in [6.45, 7) is 3.69. The zero-order valence-corrected chi connectivity index (χ0v) is 12.4. The minimum atomic E-state index is -1.01. The summed E-state index contributed by atoms with van der Waals surface area (Å²) in [5.41, 5.74) is 0.157. The molecule has 0 bridgehead atoms. The Hall–Kier alpha value is -1.56. The van der Waals surface area contributed by atoms with Crippen LogP contribution in [0.15, 0.2) is 11.4 Å². The molecule has 1 aliphatic heterocycles. The van der Waals surface area contributed by atoms with Crippen molar-refractivity contribution in [2.24, 2.45) is 5.92 Å². The van der Waals surface area contributed by atoms with Gasteiger partial charge in [-0.05, 0) is 30.2 Å². The molecule has 5 nitrogen and oxygen atoms in total. The Morgan fingerprint density at radius 2 is 2.15 bits per heavy atom. The molecular formula is C14H20N2O3S. The highest BCUT2D eigenvalue weighted by Crippen LogP contribution is 2.25. The molecule has 110 valence electrons. The maximum absolute atomic E-state index is 12.1. The molecule has 0 aliphatic carbocycles. The van der Waals surface area contributed by atoms with Gasteiger partial charge in [0.1, 0.15) is 5.00 Å². The van der Waals surface area contributed by atoms with Gasteiger partial charge < -0.3 is 10.0 Å². The maximum Gasteiger partial charge on any atom is 0.338 e. The van der Waals surface area contributed by atoms with Gasteiger partial charge in [0.15, 0.2) is 0 Å². The lowest BCUT2D eigenvalue weighted by Gasteiger charge is -2.31. The minimum absolute atomic E-state index is 0.157. The molecule has 0 aromatic carbocycles. The van der Waals surface area contributed by atoms with E-state index in [0.717, 1.165) is 31.8 Å². The molecule has 2 N–H and O–H groups in total. The summed E-state index contributed by atoms with van der Waals surface area (Å²) >= 11 is 1.24. The van der Waals surface area contributed by atoms with E-state index in [0.29, 0.717) is 5.00 Å². The molecule has 0 radical (unpaired) electrons. The molecule has 2 heterocycles. The second-order valence-corrected chi connectivity index (χ2v) is 6.03. The summed E-state index contributed by atoms with van der Waals surface area (Å²) in [6, 6.07) is 1.32. The van der Waals surface area contributed by atoms with E-state index in [1.165, 1.54) is 30.2 Å². The Morgan fingerprint density at radius 1 is 1.45 bits per heavy atom. The minimum Gasteiger partial charge on any atom is -0.478 e. The average Bonchev–Trinajstić information content (AvgIpc) is 2.88. The van der Waals surface area contributed by atoms with Crippen molar-refractivity contribution in [1.29, 1.82) is 0 Å². The number of hydrogen-bond donors (Lipinski definition) is 2. The summed E-state index contributed by atoms with van der Waals surface area (Å²) in [5.74, 6) is -0.288. The van der Waals surface area contributed by atoms with E-state index < -0.39 is 5.97 Å². The van der Waals surface area contributed by atoms with Gasteiger partial charge in [0.2, 0.25) is 0 Å². The van der Waals surface area contributed by atoms with Crippen molar-refractivity contribution in [3.05, 3.63) is 17.0 Å². The molecular weight excluding hydrogens is 276 g/mol. The van der Waals surface area contributed by atoms with E-state index in [1.807, 2.05) is 0 Å². The number of nitrogens with zero attached hydrogens (tertiary/aromatic N) is 1. The molecule has 2 rings (SSSR count). The van der Waals surface area contributed by atoms with Crippen LogP contribution in [-0.2, 0) is 0 Å². The normalized spacial score (nSPS) is 16.1. The smallest absolute Gasteiger partial charge is 0.338 e. The summed E-state index contributed by atoms with van der Waals surface area (Å²) in [5, 5.41) is 13.8. The monoisotopic (exact) mass is 296 g/mol. The van der Waals surface area contributed by atoms with Gasteiger partial charge in [-0.2, -0.15) is 0 Å². The van der Waals surface area contributed by atoms with Crippen molar-refractivity contribution in [2.75, 3.05) is 18.4 Å². The van der Waals surface area contributed by atoms with Gasteiger partial charge >= 0.3 is 12.0 Å². The van der Waals surface area contributed by atoms with Crippen LogP contribution >= 0.6 is 11.3 Å².